The van der Waals surface area contributed by atoms with Crippen LogP contribution in [0.2, 0.25) is 10.0 Å². The molecule has 4 aromatic rings. The summed E-state index contributed by atoms with van der Waals surface area (Å²) >= 11 is 12.3. The fourth-order valence-corrected chi connectivity index (χ4v) is 5.19. The van der Waals surface area contributed by atoms with Crippen molar-refractivity contribution in [2.24, 2.45) is 0 Å². The molecule has 0 saturated heterocycles. The Morgan fingerprint density at radius 2 is 1.85 bits per heavy atom. The van der Waals surface area contributed by atoms with E-state index in [-0.39, 0.29) is 29.1 Å². The summed E-state index contributed by atoms with van der Waals surface area (Å²) in [6, 6.07) is 10.7. The van der Waals surface area contributed by atoms with Gasteiger partial charge in [-0.3, -0.25) is 9.69 Å². The smallest absolute Gasteiger partial charge is 0.279 e. The summed E-state index contributed by atoms with van der Waals surface area (Å²) in [7, 11) is 3.26. The molecular weight excluding hydrogens is 558 g/mol. The number of benzene rings is 2. The van der Waals surface area contributed by atoms with Crippen LogP contribution in [0.15, 0.2) is 48.7 Å². The fourth-order valence-electron chi connectivity index (χ4n) is 4.89. The highest BCUT2D eigenvalue weighted by Gasteiger charge is 2.46. The van der Waals surface area contributed by atoms with Gasteiger partial charge in [-0.25, -0.2) is 19.3 Å². The lowest BCUT2D eigenvalue weighted by Gasteiger charge is -2.29. The van der Waals surface area contributed by atoms with E-state index in [0.717, 1.165) is 0 Å². The highest BCUT2D eigenvalue weighted by Crippen LogP contribution is 2.46. The highest BCUT2D eigenvalue weighted by molar-refractivity contribution is 6.31. The lowest BCUT2D eigenvalue weighted by molar-refractivity contribution is 0.0988. The van der Waals surface area contributed by atoms with Crippen LogP contribution in [0.4, 0.5) is 16.0 Å². The van der Waals surface area contributed by atoms with Gasteiger partial charge in [0.25, 0.3) is 5.91 Å². The van der Waals surface area contributed by atoms with Crippen molar-refractivity contribution in [2.45, 2.75) is 25.9 Å². The van der Waals surface area contributed by atoms with Crippen LogP contribution in [0.25, 0.3) is 11.5 Å². The van der Waals surface area contributed by atoms with Crippen molar-refractivity contribution in [3.05, 3.63) is 81.5 Å². The van der Waals surface area contributed by atoms with E-state index in [9.17, 15) is 9.90 Å². The van der Waals surface area contributed by atoms with E-state index >= 15 is 4.39 Å². The number of hydrogen-bond acceptors (Lipinski definition) is 7. The Bertz CT molecular complexity index is 1580. The van der Waals surface area contributed by atoms with E-state index in [2.05, 4.69) is 4.98 Å². The van der Waals surface area contributed by atoms with Gasteiger partial charge in [0.1, 0.15) is 6.04 Å². The van der Waals surface area contributed by atoms with E-state index in [1.807, 2.05) is 18.4 Å². The van der Waals surface area contributed by atoms with Gasteiger partial charge in [0.2, 0.25) is 5.95 Å². The van der Waals surface area contributed by atoms with E-state index in [1.54, 1.807) is 42.3 Å². The van der Waals surface area contributed by atoms with Crippen LogP contribution in [0, 0.1) is 5.82 Å². The zero-order valence-electron chi connectivity index (χ0n) is 22.3. The van der Waals surface area contributed by atoms with Crippen LogP contribution in [0.3, 0.4) is 0 Å². The SMILES string of the molecule is COc1cnc(N(C)CCO)nc1-c1nc2c(n1C(C)C)C(c1ccc(Cl)cc1)N(c1cccc(Cl)c1F)C2=O. The Kier molecular flexibility index (Phi) is 7.67. The number of aliphatic hydroxyl groups is 1. The maximum absolute atomic E-state index is 15.4. The quantitative estimate of drug-likeness (QED) is 0.290. The molecule has 1 amide bonds. The third kappa shape index (κ3) is 4.66. The zero-order chi connectivity index (χ0) is 28.7. The number of likely N-dealkylation sites (N-methyl/N-ethyl adjacent to an activating group) is 1. The molecule has 1 atom stereocenters. The second-order valence-electron chi connectivity index (χ2n) is 9.57. The Morgan fingerprint density at radius 3 is 2.50 bits per heavy atom. The van der Waals surface area contributed by atoms with Crippen molar-refractivity contribution in [2.75, 3.05) is 37.1 Å². The second kappa shape index (κ2) is 11.0. The molecule has 0 bridgehead atoms. The van der Waals surface area contributed by atoms with Crippen molar-refractivity contribution in [3.63, 3.8) is 0 Å². The molecule has 9 nitrogen and oxygen atoms in total. The Labute approximate surface area is 240 Å². The molecule has 1 aliphatic rings. The minimum absolute atomic E-state index is 0.0415. The maximum atomic E-state index is 15.4. The number of hydrogen-bond donors (Lipinski definition) is 1. The summed E-state index contributed by atoms with van der Waals surface area (Å²) in [5.41, 5.74) is 1.86. The largest absolute Gasteiger partial charge is 0.493 e. The minimum atomic E-state index is -0.735. The molecule has 0 saturated carbocycles. The molecule has 0 radical (unpaired) electrons. The summed E-state index contributed by atoms with van der Waals surface area (Å²) in [5, 5.41) is 9.83. The molecule has 1 N–H and O–H groups in total. The van der Waals surface area contributed by atoms with Crippen molar-refractivity contribution >= 4 is 40.7 Å². The van der Waals surface area contributed by atoms with Crippen LogP contribution in [-0.4, -0.2) is 57.8 Å². The van der Waals surface area contributed by atoms with Gasteiger partial charge in [0.05, 0.1) is 36.3 Å². The Morgan fingerprint density at radius 1 is 1.12 bits per heavy atom. The molecule has 12 heteroatoms. The number of methoxy groups -OCH3 is 1. The zero-order valence-corrected chi connectivity index (χ0v) is 23.8. The summed E-state index contributed by atoms with van der Waals surface area (Å²) in [4.78, 5) is 31.0. The number of aliphatic hydroxyl groups excluding tert-OH is 1. The van der Waals surface area contributed by atoms with Gasteiger partial charge >= 0.3 is 0 Å². The normalized spacial score (nSPS) is 14.7. The summed E-state index contributed by atoms with van der Waals surface area (Å²) in [5.74, 6) is -0.0719. The molecule has 2 aromatic carbocycles. The van der Waals surface area contributed by atoms with Crippen LogP contribution >= 0.6 is 23.2 Å². The third-order valence-corrected chi connectivity index (χ3v) is 7.27. The van der Waals surface area contributed by atoms with Crippen molar-refractivity contribution < 1.29 is 19.0 Å². The first-order chi connectivity index (χ1) is 19.2. The molecule has 0 spiro atoms. The Balaban J connectivity index is 1.77. The van der Waals surface area contributed by atoms with Crippen LogP contribution in [0.1, 0.15) is 47.7 Å². The van der Waals surface area contributed by atoms with E-state index < -0.39 is 17.8 Å². The molecule has 5 rings (SSSR count). The van der Waals surface area contributed by atoms with Gasteiger partial charge in [0.15, 0.2) is 28.8 Å². The first kappa shape index (κ1) is 27.8. The fraction of sp³-hybridized carbons (Fsp3) is 0.286. The molecule has 2 aromatic heterocycles. The first-order valence-electron chi connectivity index (χ1n) is 12.6. The van der Waals surface area contributed by atoms with E-state index in [1.165, 1.54) is 30.3 Å². The standard InChI is InChI=1S/C28H27Cl2FN6O3/c1-15(2)36-25-23(33-26(36)22-20(40-4)14-32-28(34-22)35(3)12-13-38)27(39)37(19-7-5-6-18(30)21(19)31)24(25)16-8-10-17(29)11-9-16/h5-11,14-15,24,38H,12-13H2,1-4H3. The minimum Gasteiger partial charge on any atom is -0.493 e. The molecular formula is C28H27Cl2FN6O3. The number of ether oxygens (including phenoxy) is 1. The molecule has 0 fully saturated rings. The highest BCUT2D eigenvalue weighted by atomic mass is 35.5. The van der Waals surface area contributed by atoms with Crippen molar-refractivity contribution in [3.8, 4) is 17.3 Å². The number of imidazole rings is 1. The monoisotopic (exact) mass is 584 g/mol. The first-order valence-corrected chi connectivity index (χ1v) is 13.3. The summed E-state index contributed by atoms with van der Waals surface area (Å²) in [6.45, 7) is 4.16. The number of carbonyl (C=O) groups is 1. The Hall–Kier alpha value is -3.73. The number of anilines is 2. The van der Waals surface area contributed by atoms with Gasteiger partial charge in [-0.05, 0) is 43.7 Å². The summed E-state index contributed by atoms with van der Waals surface area (Å²) < 4.78 is 22.9. The lowest BCUT2D eigenvalue weighted by atomic mass is 10.0. The van der Waals surface area contributed by atoms with Gasteiger partial charge in [-0.2, -0.15) is 0 Å². The van der Waals surface area contributed by atoms with E-state index in [0.29, 0.717) is 46.0 Å². The predicted octanol–water partition coefficient (Wildman–Crippen LogP) is 5.55. The number of aromatic nitrogens is 4. The average Bonchev–Trinajstić information content (AvgIpc) is 3.46. The van der Waals surface area contributed by atoms with Crippen molar-refractivity contribution in [1.82, 2.24) is 19.5 Å². The van der Waals surface area contributed by atoms with Crippen LogP contribution in [0.5, 0.6) is 5.75 Å². The lowest BCUT2D eigenvalue weighted by Crippen LogP contribution is -2.31. The van der Waals surface area contributed by atoms with Gasteiger partial charge in [-0.15, -0.1) is 0 Å². The number of halogens is 3. The molecule has 0 aliphatic carbocycles. The molecule has 1 unspecified atom stereocenters. The molecule has 40 heavy (non-hydrogen) atoms. The predicted molar refractivity (Wildman–Crippen MR) is 152 cm³/mol. The third-order valence-electron chi connectivity index (χ3n) is 6.73. The number of nitrogens with zero attached hydrogens (tertiary/aromatic N) is 6. The number of rotatable bonds is 8. The van der Waals surface area contributed by atoms with Crippen LogP contribution in [-0.2, 0) is 0 Å². The number of amides is 1. The summed E-state index contributed by atoms with van der Waals surface area (Å²) in [6.07, 6.45) is 1.53. The molecule has 3 heterocycles. The molecule has 1 aliphatic heterocycles. The second-order valence-corrected chi connectivity index (χ2v) is 10.4. The van der Waals surface area contributed by atoms with E-state index in [4.69, 9.17) is 37.9 Å². The van der Waals surface area contributed by atoms with Gasteiger partial charge in [0, 0.05) is 24.7 Å². The van der Waals surface area contributed by atoms with Crippen molar-refractivity contribution in [1.29, 1.82) is 0 Å². The number of carbonyl (C=O) groups excluding carboxylic acids is 1. The topological polar surface area (TPSA) is 96.6 Å². The van der Waals surface area contributed by atoms with Gasteiger partial charge in [-0.1, -0.05) is 41.4 Å². The molecule has 208 valence electrons. The average molecular weight is 585 g/mol. The van der Waals surface area contributed by atoms with Gasteiger partial charge < -0.3 is 19.3 Å². The van der Waals surface area contributed by atoms with Crippen LogP contribution < -0.4 is 14.5 Å². The number of fused-ring (bicyclic) bond motifs is 1. The maximum Gasteiger partial charge on any atom is 0.279 e.